The Hall–Kier alpha value is -1.48. The predicted octanol–water partition coefficient (Wildman–Crippen LogP) is 3.98. The quantitative estimate of drug-likeness (QED) is 0.313. The van der Waals surface area contributed by atoms with Crippen molar-refractivity contribution in [1.82, 2.24) is 10.6 Å². The summed E-state index contributed by atoms with van der Waals surface area (Å²) < 4.78 is 11.7. The van der Waals surface area contributed by atoms with E-state index in [1.54, 1.807) is 0 Å². The number of halogens is 1. The SMILES string of the molecule is CCNC(=NCC1(O)CCC1)NC(C)c1cc2cccc(OCC)c2o1.I. The number of aliphatic imine (C=N–C) groups is 1. The van der Waals surface area contributed by atoms with Crippen LogP contribution in [0.4, 0.5) is 0 Å². The molecule has 6 nitrogen and oxygen atoms in total. The first-order valence-electron chi connectivity index (χ1n) is 9.47. The standard InChI is InChI=1S/C20H29N3O3.HI/c1-4-21-19(22-13-20(24)10-7-11-20)23-14(3)17-12-15-8-6-9-16(25-5-2)18(15)26-17;/h6,8-9,12,14,24H,4-5,7,10-11,13H2,1-3H3,(H2,21,22,23);1H. The summed E-state index contributed by atoms with van der Waals surface area (Å²) in [6.45, 7) is 7.79. The molecule has 0 saturated heterocycles. The molecule has 1 fully saturated rings. The average molecular weight is 487 g/mol. The lowest BCUT2D eigenvalue weighted by molar-refractivity contribution is -0.0236. The van der Waals surface area contributed by atoms with Crippen LogP contribution in [-0.4, -0.2) is 36.4 Å². The predicted molar refractivity (Wildman–Crippen MR) is 119 cm³/mol. The molecular weight excluding hydrogens is 457 g/mol. The first-order valence-corrected chi connectivity index (χ1v) is 9.47. The molecule has 1 aliphatic carbocycles. The summed E-state index contributed by atoms with van der Waals surface area (Å²) in [5.74, 6) is 2.27. The lowest BCUT2D eigenvalue weighted by Gasteiger charge is -2.35. The molecule has 0 amide bonds. The Bertz CT molecular complexity index is 771. The van der Waals surface area contributed by atoms with E-state index in [4.69, 9.17) is 9.15 Å². The van der Waals surface area contributed by atoms with Crippen molar-refractivity contribution in [3.63, 3.8) is 0 Å². The van der Waals surface area contributed by atoms with E-state index < -0.39 is 5.60 Å². The molecular formula is C20H30IN3O3. The molecule has 3 N–H and O–H groups in total. The summed E-state index contributed by atoms with van der Waals surface area (Å²) >= 11 is 0. The van der Waals surface area contributed by atoms with Crippen molar-refractivity contribution in [2.24, 2.45) is 4.99 Å². The maximum absolute atomic E-state index is 10.3. The lowest BCUT2D eigenvalue weighted by Crippen LogP contribution is -2.43. The number of nitrogens with zero attached hydrogens (tertiary/aromatic N) is 1. The van der Waals surface area contributed by atoms with Crippen molar-refractivity contribution in [3.05, 3.63) is 30.0 Å². The van der Waals surface area contributed by atoms with Gasteiger partial charge in [0.1, 0.15) is 5.76 Å². The van der Waals surface area contributed by atoms with Crippen LogP contribution in [0.25, 0.3) is 11.0 Å². The molecule has 1 heterocycles. The van der Waals surface area contributed by atoms with Gasteiger partial charge in [0.05, 0.1) is 24.8 Å². The second-order valence-corrected chi connectivity index (χ2v) is 6.90. The number of furan rings is 1. The van der Waals surface area contributed by atoms with Gasteiger partial charge in [-0.3, -0.25) is 4.99 Å². The first-order chi connectivity index (χ1) is 12.5. The number of guanidine groups is 1. The molecule has 27 heavy (non-hydrogen) atoms. The second kappa shape index (κ2) is 9.64. The highest BCUT2D eigenvalue weighted by Gasteiger charge is 2.34. The normalized spacial score (nSPS) is 17.0. The maximum Gasteiger partial charge on any atom is 0.191 e. The number of nitrogens with one attached hydrogen (secondary N) is 2. The third-order valence-electron chi connectivity index (χ3n) is 4.77. The topological polar surface area (TPSA) is 79.0 Å². The summed E-state index contributed by atoms with van der Waals surface area (Å²) in [4.78, 5) is 4.55. The molecule has 0 bridgehead atoms. The van der Waals surface area contributed by atoms with Crippen molar-refractivity contribution in [2.75, 3.05) is 19.7 Å². The van der Waals surface area contributed by atoms with Gasteiger partial charge in [-0.15, -0.1) is 24.0 Å². The Labute approximate surface area is 177 Å². The third-order valence-corrected chi connectivity index (χ3v) is 4.77. The van der Waals surface area contributed by atoms with Crippen LogP contribution in [-0.2, 0) is 0 Å². The molecule has 0 spiro atoms. The largest absolute Gasteiger partial charge is 0.490 e. The fourth-order valence-corrected chi connectivity index (χ4v) is 3.10. The Morgan fingerprint density at radius 2 is 2.15 bits per heavy atom. The third kappa shape index (κ3) is 5.28. The Balaban J connectivity index is 0.00000261. The number of benzene rings is 1. The van der Waals surface area contributed by atoms with Gasteiger partial charge in [0, 0.05) is 11.9 Å². The maximum atomic E-state index is 10.3. The molecule has 0 aliphatic heterocycles. The smallest absolute Gasteiger partial charge is 0.191 e. The fourth-order valence-electron chi connectivity index (χ4n) is 3.10. The van der Waals surface area contributed by atoms with Crippen LogP contribution in [0.15, 0.2) is 33.7 Å². The fraction of sp³-hybridized carbons (Fsp3) is 0.550. The number of aliphatic hydroxyl groups is 1. The van der Waals surface area contributed by atoms with Crippen LogP contribution in [0.5, 0.6) is 5.75 Å². The van der Waals surface area contributed by atoms with Gasteiger partial charge in [-0.05, 0) is 52.2 Å². The van der Waals surface area contributed by atoms with Crippen molar-refractivity contribution in [2.45, 2.75) is 51.7 Å². The monoisotopic (exact) mass is 487 g/mol. The molecule has 0 radical (unpaired) electrons. The van der Waals surface area contributed by atoms with Crippen molar-refractivity contribution >= 4 is 40.9 Å². The Morgan fingerprint density at radius 3 is 2.78 bits per heavy atom. The molecule has 1 atom stereocenters. The molecule has 1 aliphatic rings. The van der Waals surface area contributed by atoms with E-state index in [2.05, 4.69) is 15.6 Å². The molecule has 1 saturated carbocycles. The first kappa shape index (κ1) is 21.8. The zero-order valence-corrected chi connectivity index (χ0v) is 18.6. The van der Waals surface area contributed by atoms with Crippen molar-refractivity contribution in [3.8, 4) is 5.75 Å². The van der Waals surface area contributed by atoms with Crippen LogP contribution in [0.1, 0.15) is 51.8 Å². The van der Waals surface area contributed by atoms with Crippen LogP contribution < -0.4 is 15.4 Å². The number of ether oxygens (including phenoxy) is 1. The molecule has 1 aromatic heterocycles. The van der Waals surface area contributed by atoms with E-state index in [1.165, 1.54) is 0 Å². The summed E-state index contributed by atoms with van der Waals surface area (Å²) in [6.07, 6.45) is 2.73. The van der Waals surface area contributed by atoms with Crippen molar-refractivity contribution < 1.29 is 14.3 Å². The minimum Gasteiger partial charge on any atom is -0.490 e. The summed E-state index contributed by atoms with van der Waals surface area (Å²) in [5, 5.41) is 17.9. The van der Waals surface area contributed by atoms with Crippen LogP contribution >= 0.6 is 24.0 Å². The highest BCUT2D eigenvalue weighted by atomic mass is 127. The molecule has 1 unspecified atom stereocenters. The zero-order chi connectivity index (χ0) is 18.6. The van der Waals surface area contributed by atoms with E-state index in [9.17, 15) is 5.11 Å². The van der Waals surface area contributed by atoms with Gasteiger partial charge in [-0.1, -0.05) is 12.1 Å². The molecule has 3 rings (SSSR count). The Kier molecular flexibility index (Phi) is 7.79. The Morgan fingerprint density at radius 1 is 1.37 bits per heavy atom. The highest BCUT2D eigenvalue weighted by molar-refractivity contribution is 14.0. The van der Waals surface area contributed by atoms with E-state index >= 15 is 0 Å². The van der Waals surface area contributed by atoms with E-state index in [1.807, 2.05) is 45.0 Å². The van der Waals surface area contributed by atoms with E-state index in [-0.39, 0.29) is 30.0 Å². The zero-order valence-electron chi connectivity index (χ0n) is 16.2. The van der Waals surface area contributed by atoms with Gasteiger partial charge in [0.15, 0.2) is 17.3 Å². The van der Waals surface area contributed by atoms with Gasteiger partial charge in [-0.2, -0.15) is 0 Å². The van der Waals surface area contributed by atoms with Gasteiger partial charge in [0.25, 0.3) is 0 Å². The van der Waals surface area contributed by atoms with Gasteiger partial charge in [-0.25, -0.2) is 0 Å². The number of rotatable bonds is 7. The summed E-state index contributed by atoms with van der Waals surface area (Å²) in [6, 6.07) is 7.87. The molecule has 7 heteroatoms. The number of fused-ring (bicyclic) bond motifs is 1. The average Bonchev–Trinajstić information content (AvgIpc) is 3.04. The van der Waals surface area contributed by atoms with Crippen LogP contribution in [0, 0.1) is 0 Å². The number of hydrogen-bond donors (Lipinski definition) is 3. The second-order valence-electron chi connectivity index (χ2n) is 6.90. The molecule has 2 aromatic rings. The highest BCUT2D eigenvalue weighted by Crippen LogP contribution is 2.32. The molecule has 150 valence electrons. The van der Waals surface area contributed by atoms with Gasteiger partial charge < -0.3 is 24.9 Å². The molecule has 1 aromatic carbocycles. The van der Waals surface area contributed by atoms with Gasteiger partial charge in [0.2, 0.25) is 0 Å². The van der Waals surface area contributed by atoms with E-state index in [0.29, 0.717) is 19.1 Å². The summed E-state index contributed by atoms with van der Waals surface area (Å²) in [7, 11) is 0. The van der Waals surface area contributed by atoms with Gasteiger partial charge >= 0.3 is 0 Å². The van der Waals surface area contributed by atoms with Crippen LogP contribution in [0.2, 0.25) is 0 Å². The minimum absolute atomic E-state index is 0. The lowest BCUT2D eigenvalue weighted by atomic mass is 9.80. The minimum atomic E-state index is -0.628. The number of para-hydroxylation sites is 1. The van der Waals surface area contributed by atoms with Crippen molar-refractivity contribution in [1.29, 1.82) is 0 Å². The number of hydrogen-bond acceptors (Lipinski definition) is 4. The van der Waals surface area contributed by atoms with Crippen LogP contribution in [0.3, 0.4) is 0 Å². The van der Waals surface area contributed by atoms with E-state index in [0.717, 1.165) is 48.3 Å². The summed E-state index contributed by atoms with van der Waals surface area (Å²) in [5.41, 5.74) is 0.140.